The molecule has 2 aromatic carbocycles. The zero-order chi connectivity index (χ0) is 27.6. The fourth-order valence-electron chi connectivity index (χ4n) is 5.33. The van der Waals surface area contributed by atoms with Gasteiger partial charge in [-0.3, -0.25) is 14.4 Å². The molecule has 2 aromatic rings. The van der Waals surface area contributed by atoms with Gasteiger partial charge in [0.1, 0.15) is 29.8 Å². The third-order valence-corrected chi connectivity index (χ3v) is 7.24. The van der Waals surface area contributed by atoms with E-state index in [1.165, 1.54) is 25.9 Å². The number of anilines is 1. The van der Waals surface area contributed by atoms with Gasteiger partial charge in [-0.25, -0.2) is 8.78 Å². The molecule has 2 aliphatic rings. The van der Waals surface area contributed by atoms with E-state index in [1.54, 1.807) is 23.1 Å². The topological polar surface area (TPSA) is 103 Å². The Morgan fingerprint density at radius 1 is 1.11 bits per heavy atom. The molecule has 200 valence electrons. The second-order valence-corrected chi connectivity index (χ2v) is 10.1. The van der Waals surface area contributed by atoms with E-state index < -0.39 is 41.3 Å². The van der Waals surface area contributed by atoms with Crippen LogP contribution in [0.3, 0.4) is 0 Å². The summed E-state index contributed by atoms with van der Waals surface area (Å²) in [6, 6.07) is 7.76. The minimum atomic E-state index is -1.44. The van der Waals surface area contributed by atoms with Crippen molar-refractivity contribution in [2.45, 2.75) is 51.0 Å². The first-order valence-electron chi connectivity index (χ1n) is 12.5. The molecule has 0 unspecified atom stereocenters. The lowest BCUT2D eigenvalue weighted by Crippen LogP contribution is -2.45. The predicted octanol–water partition coefficient (Wildman–Crippen LogP) is 3.85. The van der Waals surface area contributed by atoms with Gasteiger partial charge in [0.25, 0.3) is 5.91 Å². The molecule has 0 bridgehead atoms. The number of methoxy groups -OCH3 is 1. The lowest BCUT2D eigenvalue weighted by Gasteiger charge is -2.36. The number of amides is 3. The fraction of sp³-hybridized carbons (Fsp3) is 0.429. The number of hydrogen-bond acceptors (Lipinski definition) is 5. The smallest absolute Gasteiger partial charge is 0.251 e. The van der Waals surface area contributed by atoms with Crippen molar-refractivity contribution < 1.29 is 27.9 Å². The van der Waals surface area contributed by atoms with Crippen molar-refractivity contribution in [3.63, 3.8) is 0 Å². The third kappa shape index (κ3) is 5.05. The number of carbonyl (C=O) groups is 3. The number of carbonyl (C=O) groups excluding carboxylic acids is 3. The first kappa shape index (κ1) is 27.0. The van der Waals surface area contributed by atoms with Gasteiger partial charge in [-0.15, -0.1) is 0 Å². The Balaban J connectivity index is 1.64. The summed E-state index contributed by atoms with van der Waals surface area (Å²) in [5.74, 6) is -2.88. The molecule has 8 nitrogen and oxygen atoms in total. The number of fused-ring (bicyclic) bond motifs is 1. The maximum atomic E-state index is 15.3. The van der Waals surface area contributed by atoms with E-state index >= 15 is 8.78 Å². The number of nitrogens with zero attached hydrogens (tertiary/aromatic N) is 3. The second kappa shape index (κ2) is 10.8. The summed E-state index contributed by atoms with van der Waals surface area (Å²) in [6.45, 7) is 4.26. The molecule has 0 aromatic heterocycles. The summed E-state index contributed by atoms with van der Waals surface area (Å²) in [4.78, 5) is 42.1. The molecule has 0 saturated carbocycles. The Kier molecular flexibility index (Phi) is 7.67. The number of hydrogen-bond donors (Lipinski definition) is 1. The number of benzene rings is 2. The van der Waals surface area contributed by atoms with Crippen molar-refractivity contribution in [3.8, 4) is 11.8 Å². The largest absolute Gasteiger partial charge is 0.497 e. The van der Waals surface area contributed by atoms with Crippen molar-refractivity contribution in [2.24, 2.45) is 0 Å². The summed E-state index contributed by atoms with van der Waals surface area (Å²) >= 11 is 0. The molecular weight excluding hydrogens is 494 g/mol. The van der Waals surface area contributed by atoms with E-state index in [4.69, 9.17) is 10.00 Å². The number of likely N-dealkylation sites (tertiary alicyclic amines) is 1. The summed E-state index contributed by atoms with van der Waals surface area (Å²) in [5, 5.41) is 11.6. The van der Waals surface area contributed by atoms with Crippen LogP contribution in [0, 0.1) is 23.0 Å². The molecule has 1 saturated heterocycles. The van der Waals surface area contributed by atoms with Gasteiger partial charge in [0.15, 0.2) is 0 Å². The van der Waals surface area contributed by atoms with Crippen LogP contribution in [0.15, 0.2) is 30.3 Å². The molecule has 1 N–H and O–H groups in total. The number of rotatable bonds is 6. The maximum Gasteiger partial charge on any atom is 0.251 e. The lowest BCUT2D eigenvalue weighted by molar-refractivity contribution is -0.138. The van der Waals surface area contributed by atoms with E-state index in [-0.39, 0.29) is 23.7 Å². The van der Waals surface area contributed by atoms with Crippen molar-refractivity contribution in [1.82, 2.24) is 9.80 Å². The van der Waals surface area contributed by atoms with Gasteiger partial charge in [0, 0.05) is 30.9 Å². The van der Waals surface area contributed by atoms with Gasteiger partial charge in [-0.2, -0.15) is 5.26 Å². The lowest BCUT2D eigenvalue weighted by atomic mass is 9.82. The highest BCUT2D eigenvalue weighted by Gasteiger charge is 2.40. The van der Waals surface area contributed by atoms with Crippen LogP contribution >= 0.6 is 0 Å². The second-order valence-electron chi connectivity index (χ2n) is 10.1. The quantitative estimate of drug-likeness (QED) is 0.619. The van der Waals surface area contributed by atoms with Gasteiger partial charge < -0.3 is 19.9 Å². The van der Waals surface area contributed by atoms with Crippen LogP contribution < -0.4 is 10.1 Å². The van der Waals surface area contributed by atoms with Crippen LogP contribution in [0.25, 0.3) is 0 Å². The number of nitrogens with one attached hydrogen (secondary N) is 1. The molecular formula is C28H30F2N4O4. The molecule has 0 aliphatic carbocycles. The van der Waals surface area contributed by atoms with E-state index in [1.807, 2.05) is 6.07 Å². The molecule has 2 heterocycles. The fourth-order valence-corrected chi connectivity index (χ4v) is 5.33. The number of ether oxygens (including phenoxy) is 1. The first-order chi connectivity index (χ1) is 18.1. The predicted molar refractivity (Wildman–Crippen MR) is 135 cm³/mol. The van der Waals surface area contributed by atoms with Crippen LogP contribution in [0.4, 0.5) is 14.5 Å². The molecule has 38 heavy (non-hydrogen) atoms. The van der Waals surface area contributed by atoms with Crippen LogP contribution in [0.5, 0.6) is 5.75 Å². The van der Waals surface area contributed by atoms with Gasteiger partial charge >= 0.3 is 0 Å². The number of halogens is 2. The van der Waals surface area contributed by atoms with Gasteiger partial charge in [0.2, 0.25) is 11.8 Å². The molecule has 10 heteroatoms. The van der Waals surface area contributed by atoms with Crippen LogP contribution in [0.2, 0.25) is 0 Å². The highest BCUT2D eigenvalue weighted by atomic mass is 19.1. The van der Waals surface area contributed by atoms with Gasteiger partial charge in [0.05, 0.1) is 18.6 Å². The molecule has 2 aliphatic heterocycles. The highest BCUT2D eigenvalue weighted by Crippen LogP contribution is 2.36. The average Bonchev–Trinajstić information content (AvgIpc) is 3.41. The third-order valence-electron chi connectivity index (χ3n) is 7.24. The molecule has 1 fully saturated rings. The Morgan fingerprint density at radius 2 is 1.76 bits per heavy atom. The van der Waals surface area contributed by atoms with E-state index in [0.29, 0.717) is 30.8 Å². The van der Waals surface area contributed by atoms with E-state index in [9.17, 15) is 14.4 Å². The van der Waals surface area contributed by atoms with Crippen molar-refractivity contribution in [3.05, 3.63) is 58.7 Å². The molecule has 0 spiro atoms. The Hall–Kier alpha value is -4.00. The monoisotopic (exact) mass is 524 g/mol. The molecule has 1 atom stereocenters. The zero-order valence-electron chi connectivity index (χ0n) is 21.6. The zero-order valence-corrected chi connectivity index (χ0v) is 21.6. The van der Waals surface area contributed by atoms with Gasteiger partial charge in [-0.05, 0) is 68.5 Å². The summed E-state index contributed by atoms with van der Waals surface area (Å²) < 4.78 is 35.9. The minimum Gasteiger partial charge on any atom is -0.497 e. The molecule has 4 rings (SSSR count). The van der Waals surface area contributed by atoms with Crippen molar-refractivity contribution in [2.75, 3.05) is 32.1 Å². The Bertz CT molecular complexity index is 1290. The molecule has 0 radical (unpaired) electrons. The van der Waals surface area contributed by atoms with Crippen LogP contribution in [0.1, 0.15) is 55.8 Å². The standard InChI is InChI=1S/C28H30F2N4O4/c1-28(2,27(37)33-11-4-5-12-33)24-21(29)15-18(16-22(24)30)32-26(36)25-20-7-6-19(38-3)14-17(20)9-13-34(25)23(35)8-10-31/h6-7,14-16,25H,4-5,8-9,11-13H2,1-3H3,(H,32,36)/t25-/m1/s1. The highest BCUT2D eigenvalue weighted by molar-refractivity contribution is 5.99. The number of nitriles is 1. The van der Waals surface area contributed by atoms with Gasteiger partial charge in [-0.1, -0.05) is 6.07 Å². The van der Waals surface area contributed by atoms with E-state index in [2.05, 4.69) is 5.32 Å². The maximum absolute atomic E-state index is 15.3. The first-order valence-corrected chi connectivity index (χ1v) is 12.5. The Morgan fingerprint density at radius 3 is 2.37 bits per heavy atom. The summed E-state index contributed by atoms with van der Waals surface area (Å²) in [7, 11) is 1.52. The minimum absolute atomic E-state index is 0.147. The average molecular weight is 525 g/mol. The molecule has 3 amide bonds. The normalized spacial score (nSPS) is 17.0. The SMILES string of the molecule is COc1ccc2c(c1)CCN(C(=O)CC#N)[C@H]2C(=O)Nc1cc(F)c(C(C)(C)C(=O)N2CCCC2)c(F)c1. The Labute approximate surface area is 220 Å². The van der Waals surface area contributed by atoms with Crippen LogP contribution in [-0.2, 0) is 26.2 Å². The van der Waals surface area contributed by atoms with Crippen LogP contribution in [-0.4, -0.2) is 54.3 Å². The van der Waals surface area contributed by atoms with E-state index in [0.717, 1.165) is 30.5 Å². The van der Waals surface area contributed by atoms with Crippen molar-refractivity contribution in [1.29, 1.82) is 5.26 Å². The summed E-state index contributed by atoms with van der Waals surface area (Å²) in [5.41, 5.74) is -0.626. The van der Waals surface area contributed by atoms with Crippen molar-refractivity contribution >= 4 is 23.4 Å². The summed E-state index contributed by atoms with van der Waals surface area (Å²) in [6.07, 6.45) is 1.74.